The van der Waals surface area contributed by atoms with Crippen molar-refractivity contribution in [3.63, 3.8) is 0 Å². The molecule has 0 aliphatic heterocycles. The summed E-state index contributed by atoms with van der Waals surface area (Å²) in [6.07, 6.45) is 8.21. The minimum Gasteiger partial charge on any atom is -0.357 e. The van der Waals surface area contributed by atoms with Crippen LogP contribution in [0.15, 0.2) is 59.6 Å². The number of hydrogen-bond donors (Lipinski definition) is 2. The maximum absolute atomic E-state index is 4.63. The molecule has 3 rings (SSSR count). The molecule has 6 nitrogen and oxygen atoms in total. The number of thiophene rings is 1. The Kier molecular flexibility index (Phi) is 8.56. The Morgan fingerprint density at radius 3 is 2.85 bits per heavy atom. The van der Waals surface area contributed by atoms with Crippen LogP contribution in [0.4, 0.5) is 0 Å². The average Bonchev–Trinajstić information content (AvgIpc) is 3.34. The highest BCUT2D eigenvalue weighted by atomic mass is 127. The summed E-state index contributed by atoms with van der Waals surface area (Å²) in [6, 6.07) is 8.26. The van der Waals surface area contributed by atoms with Crippen molar-refractivity contribution in [2.45, 2.75) is 19.9 Å². The Balaban J connectivity index is 0.00000243. The van der Waals surface area contributed by atoms with Crippen molar-refractivity contribution in [1.29, 1.82) is 0 Å². The summed E-state index contributed by atoms with van der Waals surface area (Å²) in [5.41, 5.74) is 1.07. The van der Waals surface area contributed by atoms with E-state index in [1.807, 2.05) is 29.1 Å². The first kappa shape index (κ1) is 20.4. The number of imidazole rings is 1. The van der Waals surface area contributed by atoms with Crippen LogP contribution in [-0.4, -0.2) is 33.6 Å². The van der Waals surface area contributed by atoms with Crippen molar-refractivity contribution in [3.8, 4) is 5.82 Å². The van der Waals surface area contributed by atoms with Gasteiger partial charge in [-0.05, 0) is 36.4 Å². The van der Waals surface area contributed by atoms with E-state index in [1.165, 1.54) is 4.88 Å². The van der Waals surface area contributed by atoms with Gasteiger partial charge in [0.25, 0.3) is 0 Å². The fraction of sp³-hybridized carbons (Fsp3) is 0.278. The number of halogens is 1. The van der Waals surface area contributed by atoms with E-state index in [4.69, 9.17) is 0 Å². The maximum Gasteiger partial charge on any atom is 0.191 e. The molecule has 0 aliphatic carbocycles. The SMILES string of the molecule is CCNC(=NCc1ccc(-n2ccnc2)nc1)NCCc1cccs1.I. The average molecular weight is 482 g/mol. The number of nitrogens with one attached hydrogen (secondary N) is 2. The predicted octanol–water partition coefficient (Wildman–Crippen LogP) is 3.24. The van der Waals surface area contributed by atoms with Gasteiger partial charge in [-0.25, -0.2) is 15.0 Å². The molecule has 0 bridgehead atoms. The topological polar surface area (TPSA) is 67.1 Å². The van der Waals surface area contributed by atoms with E-state index in [2.05, 4.69) is 50.0 Å². The molecule has 0 fully saturated rings. The number of nitrogens with zero attached hydrogens (tertiary/aromatic N) is 4. The van der Waals surface area contributed by atoms with Gasteiger partial charge in [-0.15, -0.1) is 35.3 Å². The summed E-state index contributed by atoms with van der Waals surface area (Å²) >= 11 is 1.78. The molecule has 3 aromatic heterocycles. The first-order chi connectivity index (χ1) is 12.3. The summed E-state index contributed by atoms with van der Waals surface area (Å²) in [6.45, 7) is 4.36. The van der Waals surface area contributed by atoms with Gasteiger partial charge in [0.05, 0.1) is 6.54 Å². The van der Waals surface area contributed by atoms with Gasteiger partial charge < -0.3 is 10.6 Å². The van der Waals surface area contributed by atoms with Crippen molar-refractivity contribution in [3.05, 3.63) is 65.0 Å². The zero-order valence-electron chi connectivity index (χ0n) is 14.6. The predicted molar refractivity (Wildman–Crippen MR) is 118 cm³/mol. The minimum atomic E-state index is 0. The van der Waals surface area contributed by atoms with E-state index in [0.29, 0.717) is 6.54 Å². The highest BCUT2D eigenvalue weighted by molar-refractivity contribution is 14.0. The van der Waals surface area contributed by atoms with Crippen molar-refractivity contribution < 1.29 is 0 Å². The van der Waals surface area contributed by atoms with Gasteiger partial charge in [0, 0.05) is 36.6 Å². The Morgan fingerprint density at radius 1 is 1.27 bits per heavy atom. The van der Waals surface area contributed by atoms with E-state index >= 15 is 0 Å². The van der Waals surface area contributed by atoms with Gasteiger partial charge >= 0.3 is 0 Å². The smallest absolute Gasteiger partial charge is 0.191 e. The van der Waals surface area contributed by atoms with Crippen LogP contribution in [0.3, 0.4) is 0 Å². The van der Waals surface area contributed by atoms with Crippen LogP contribution in [0.5, 0.6) is 0 Å². The zero-order valence-corrected chi connectivity index (χ0v) is 17.8. The van der Waals surface area contributed by atoms with Crippen LogP contribution in [0.1, 0.15) is 17.4 Å². The summed E-state index contributed by atoms with van der Waals surface area (Å²) in [7, 11) is 0. The first-order valence-corrected chi connectivity index (χ1v) is 9.21. The lowest BCUT2D eigenvalue weighted by Crippen LogP contribution is -2.38. The quantitative estimate of drug-likeness (QED) is 0.308. The molecule has 0 aliphatic rings. The number of aromatic nitrogens is 3. The molecule has 26 heavy (non-hydrogen) atoms. The monoisotopic (exact) mass is 482 g/mol. The molecule has 0 amide bonds. The van der Waals surface area contributed by atoms with Crippen LogP contribution in [0.2, 0.25) is 0 Å². The Morgan fingerprint density at radius 2 is 2.19 bits per heavy atom. The number of pyridine rings is 1. The Labute approximate surface area is 174 Å². The van der Waals surface area contributed by atoms with Crippen LogP contribution >= 0.6 is 35.3 Å². The molecule has 8 heteroatoms. The summed E-state index contributed by atoms with van der Waals surface area (Å²) in [4.78, 5) is 14.5. The van der Waals surface area contributed by atoms with E-state index in [-0.39, 0.29) is 24.0 Å². The molecule has 0 atom stereocenters. The third kappa shape index (κ3) is 6.10. The first-order valence-electron chi connectivity index (χ1n) is 8.33. The van der Waals surface area contributed by atoms with Crippen molar-refractivity contribution in [2.75, 3.05) is 13.1 Å². The van der Waals surface area contributed by atoms with Crippen LogP contribution < -0.4 is 10.6 Å². The second kappa shape index (κ2) is 10.9. The minimum absolute atomic E-state index is 0. The standard InChI is InChI=1S/C18H22N6S.HI/c1-2-20-18(21-8-7-16-4-3-11-25-16)23-13-15-5-6-17(22-12-15)24-10-9-19-14-24;/h3-6,9-12,14H,2,7-8,13H2,1H3,(H2,20,21,23);1H. The number of guanidine groups is 1. The number of hydrogen-bond acceptors (Lipinski definition) is 4. The van der Waals surface area contributed by atoms with Gasteiger partial charge in [0.2, 0.25) is 0 Å². The molecule has 0 spiro atoms. The largest absolute Gasteiger partial charge is 0.357 e. The lowest BCUT2D eigenvalue weighted by molar-refractivity contribution is 0.804. The van der Waals surface area contributed by atoms with Crippen LogP contribution in [0, 0.1) is 0 Å². The number of aliphatic imine (C=N–C) groups is 1. The third-order valence-corrected chi connectivity index (χ3v) is 4.52. The fourth-order valence-corrected chi connectivity index (χ4v) is 3.04. The van der Waals surface area contributed by atoms with Gasteiger partial charge in [-0.1, -0.05) is 12.1 Å². The van der Waals surface area contributed by atoms with Crippen molar-refractivity contribution >= 4 is 41.3 Å². The van der Waals surface area contributed by atoms with Gasteiger partial charge in [0.1, 0.15) is 12.1 Å². The maximum atomic E-state index is 4.63. The van der Waals surface area contributed by atoms with Gasteiger partial charge in [-0.3, -0.25) is 4.57 Å². The second-order valence-corrected chi connectivity index (χ2v) is 6.48. The molecule has 138 valence electrons. The van der Waals surface area contributed by atoms with Crippen molar-refractivity contribution in [1.82, 2.24) is 25.2 Å². The highest BCUT2D eigenvalue weighted by Gasteiger charge is 2.01. The van der Waals surface area contributed by atoms with E-state index in [0.717, 1.165) is 36.9 Å². The van der Waals surface area contributed by atoms with Gasteiger partial charge in [0.15, 0.2) is 5.96 Å². The summed E-state index contributed by atoms with van der Waals surface area (Å²) in [5.74, 6) is 1.68. The second-order valence-electron chi connectivity index (χ2n) is 5.45. The summed E-state index contributed by atoms with van der Waals surface area (Å²) < 4.78 is 1.88. The van der Waals surface area contributed by atoms with Crippen molar-refractivity contribution in [2.24, 2.45) is 4.99 Å². The van der Waals surface area contributed by atoms with E-state index in [1.54, 1.807) is 23.9 Å². The molecule has 0 unspecified atom stereocenters. The molecule has 0 saturated carbocycles. The molecular formula is C18H23IN6S. The zero-order chi connectivity index (χ0) is 17.3. The normalized spacial score (nSPS) is 11.0. The molecule has 0 aromatic carbocycles. The van der Waals surface area contributed by atoms with Crippen LogP contribution in [-0.2, 0) is 13.0 Å². The van der Waals surface area contributed by atoms with E-state index in [9.17, 15) is 0 Å². The molecule has 3 aromatic rings. The lowest BCUT2D eigenvalue weighted by Gasteiger charge is -2.11. The molecular weight excluding hydrogens is 459 g/mol. The molecule has 0 saturated heterocycles. The Bertz CT molecular complexity index is 769. The molecule has 2 N–H and O–H groups in total. The highest BCUT2D eigenvalue weighted by Crippen LogP contribution is 2.08. The van der Waals surface area contributed by atoms with E-state index < -0.39 is 0 Å². The third-order valence-electron chi connectivity index (χ3n) is 3.59. The van der Waals surface area contributed by atoms with Gasteiger partial charge in [-0.2, -0.15) is 0 Å². The van der Waals surface area contributed by atoms with Crippen LogP contribution in [0.25, 0.3) is 5.82 Å². The molecule has 0 radical (unpaired) electrons. The summed E-state index contributed by atoms with van der Waals surface area (Å²) in [5, 5.41) is 8.76. The Hall–Kier alpha value is -1.94. The number of rotatable bonds is 7. The molecule has 3 heterocycles. The lowest BCUT2D eigenvalue weighted by atomic mass is 10.3. The fourth-order valence-electron chi connectivity index (χ4n) is 2.33.